The van der Waals surface area contributed by atoms with Crippen LogP contribution in [0.25, 0.3) is 0 Å². The lowest BCUT2D eigenvalue weighted by atomic mass is 9.90. The molecule has 0 saturated heterocycles. The fraction of sp³-hybridized carbons (Fsp3) is 0.429. The highest BCUT2D eigenvalue weighted by molar-refractivity contribution is 6.30. The normalized spacial score (nSPS) is 13.5. The zero-order chi connectivity index (χ0) is 14.5. The Morgan fingerprint density at radius 1 is 1.42 bits per heavy atom. The smallest absolute Gasteiger partial charge is 0.240 e. The standard InChI is InChI=1S/C14H18ClN3O/c1-10(2)14(3,9-16)18-13(19)8-17-12-6-4-11(15)5-7-12/h4-7,10,17H,8H2,1-3H3,(H,18,19)/t14-/m0/s1. The molecule has 102 valence electrons. The highest BCUT2D eigenvalue weighted by atomic mass is 35.5. The zero-order valence-corrected chi connectivity index (χ0v) is 12.1. The van der Waals surface area contributed by atoms with E-state index < -0.39 is 5.54 Å². The van der Waals surface area contributed by atoms with Crippen LogP contribution in [0.3, 0.4) is 0 Å². The molecule has 0 fully saturated rings. The van der Waals surface area contributed by atoms with E-state index in [9.17, 15) is 4.79 Å². The molecule has 0 aliphatic carbocycles. The largest absolute Gasteiger partial charge is 0.376 e. The molecule has 0 bridgehead atoms. The van der Waals surface area contributed by atoms with Gasteiger partial charge in [-0.15, -0.1) is 0 Å². The van der Waals surface area contributed by atoms with Gasteiger partial charge in [0.15, 0.2) is 0 Å². The maximum atomic E-state index is 11.8. The van der Waals surface area contributed by atoms with Crippen molar-refractivity contribution in [2.45, 2.75) is 26.3 Å². The summed E-state index contributed by atoms with van der Waals surface area (Å²) in [5, 5.41) is 15.5. The molecule has 0 radical (unpaired) electrons. The van der Waals surface area contributed by atoms with E-state index in [0.29, 0.717) is 5.02 Å². The van der Waals surface area contributed by atoms with E-state index in [0.717, 1.165) is 5.69 Å². The number of hydrogen-bond donors (Lipinski definition) is 2. The first-order valence-electron chi connectivity index (χ1n) is 6.09. The van der Waals surface area contributed by atoms with Gasteiger partial charge in [0, 0.05) is 10.7 Å². The van der Waals surface area contributed by atoms with Gasteiger partial charge in [-0.25, -0.2) is 0 Å². The summed E-state index contributed by atoms with van der Waals surface area (Å²) >= 11 is 5.77. The van der Waals surface area contributed by atoms with Crippen LogP contribution in [0.2, 0.25) is 5.02 Å². The summed E-state index contributed by atoms with van der Waals surface area (Å²) < 4.78 is 0. The average Bonchev–Trinajstić information content (AvgIpc) is 2.37. The number of benzene rings is 1. The van der Waals surface area contributed by atoms with Gasteiger partial charge in [0.1, 0.15) is 5.54 Å². The Labute approximate surface area is 118 Å². The molecule has 0 aliphatic heterocycles. The fourth-order valence-electron chi connectivity index (χ4n) is 1.39. The number of anilines is 1. The van der Waals surface area contributed by atoms with E-state index in [1.54, 1.807) is 31.2 Å². The Hall–Kier alpha value is -1.73. The van der Waals surface area contributed by atoms with Gasteiger partial charge in [0.25, 0.3) is 0 Å². The number of carbonyl (C=O) groups excluding carboxylic acids is 1. The van der Waals surface area contributed by atoms with Crippen LogP contribution in [0.5, 0.6) is 0 Å². The number of carbonyl (C=O) groups is 1. The summed E-state index contributed by atoms with van der Waals surface area (Å²) in [5.74, 6) is -0.176. The molecular formula is C14H18ClN3O. The molecule has 1 amide bonds. The van der Waals surface area contributed by atoms with Crippen LogP contribution < -0.4 is 10.6 Å². The quantitative estimate of drug-likeness (QED) is 0.871. The number of halogens is 1. The number of amides is 1. The van der Waals surface area contributed by atoms with Gasteiger partial charge in [-0.05, 0) is 37.1 Å². The average molecular weight is 280 g/mol. The topological polar surface area (TPSA) is 64.9 Å². The molecule has 1 aromatic carbocycles. The lowest BCUT2D eigenvalue weighted by molar-refractivity contribution is -0.121. The maximum absolute atomic E-state index is 11.8. The molecule has 0 aromatic heterocycles. The van der Waals surface area contributed by atoms with Crippen LogP contribution in [0.1, 0.15) is 20.8 Å². The van der Waals surface area contributed by atoms with Gasteiger partial charge in [0.2, 0.25) is 5.91 Å². The Morgan fingerprint density at radius 2 is 2.00 bits per heavy atom. The molecule has 1 rings (SSSR count). The molecule has 1 aromatic rings. The molecule has 19 heavy (non-hydrogen) atoms. The summed E-state index contributed by atoms with van der Waals surface area (Å²) in [5.41, 5.74) is -0.0403. The van der Waals surface area contributed by atoms with Crippen LogP contribution in [-0.4, -0.2) is 18.0 Å². The Morgan fingerprint density at radius 3 is 2.47 bits per heavy atom. The summed E-state index contributed by atoms with van der Waals surface area (Å²) in [6, 6.07) is 9.21. The van der Waals surface area contributed by atoms with E-state index in [1.165, 1.54) is 0 Å². The first-order valence-corrected chi connectivity index (χ1v) is 6.47. The molecule has 0 heterocycles. The predicted octanol–water partition coefficient (Wildman–Crippen LogP) is 2.81. The number of rotatable bonds is 5. The van der Waals surface area contributed by atoms with E-state index in [1.807, 2.05) is 13.8 Å². The Kier molecular flexibility index (Phi) is 5.20. The maximum Gasteiger partial charge on any atom is 0.240 e. The fourth-order valence-corrected chi connectivity index (χ4v) is 1.51. The van der Waals surface area contributed by atoms with Crippen molar-refractivity contribution in [3.05, 3.63) is 29.3 Å². The number of nitrogens with one attached hydrogen (secondary N) is 2. The van der Waals surface area contributed by atoms with Crippen molar-refractivity contribution >= 4 is 23.2 Å². The first kappa shape index (κ1) is 15.3. The van der Waals surface area contributed by atoms with Gasteiger partial charge in [0.05, 0.1) is 12.6 Å². The summed E-state index contributed by atoms with van der Waals surface area (Å²) in [4.78, 5) is 11.8. The van der Waals surface area contributed by atoms with Crippen LogP contribution in [0.15, 0.2) is 24.3 Å². The second-order valence-corrected chi connectivity index (χ2v) is 5.31. The van der Waals surface area contributed by atoms with E-state index in [4.69, 9.17) is 16.9 Å². The third-order valence-electron chi connectivity index (χ3n) is 3.08. The lowest BCUT2D eigenvalue weighted by Gasteiger charge is -2.27. The number of hydrogen-bond acceptors (Lipinski definition) is 3. The van der Waals surface area contributed by atoms with Crippen molar-refractivity contribution < 1.29 is 4.79 Å². The second-order valence-electron chi connectivity index (χ2n) is 4.88. The Balaban J connectivity index is 2.53. The minimum atomic E-state index is -0.848. The molecule has 0 unspecified atom stereocenters. The summed E-state index contributed by atoms with van der Waals surface area (Å²) in [6.07, 6.45) is 0. The van der Waals surface area contributed by atoms with Gasteiger partial charge in [-0.2, -0.15) is 5.26 Å². The molecule has 2 N–H and O–H groups in total. The van der Waals surface area contributed by atoms with E-state index >= 15 is 0 Å². The molecule has 1 atom stereocenters. The van der Waals surface area contributed by atoms with Crippen molar-refractivity contribution in [1.29, 1.82) is 5.26 Å². The SMILES string of the molecule is CC(C)[C@](C)(C#N)NC(=O)CNc1ccc(Cl)cc1. The highest BCUT2D eigenvalue weighted by Crippen LogP contribution is 2.15. The monoisotopic (exact) mass is 279 g/mol. The molecule has 0 spiro atoms. The van der Waals surface area contributed by atoms with Crippen LogP contribution >= 0.6 is 11.6 Å². The third kappa shape index (κ3) is 4.46. The summed E-state index contributed by atoms with van der Waals surface area (Å²) in [6.45, 7) is 5.63. The molecule has 0 saturated carbocycles. The third-order valence-corrected chi connectivity index (χ3v) is 3.34. The second kappa shape index (κ2) is 6.44. The van der Waals surface area contributed by atoms with Crippen molar-refractivity contribution in [3.63, 3.8) is 0 Å². The van der Waals surface area contributed by atoms with Crippen molar-refractivity contribution in [3.8, 4) is 6.07 Å². The number of nitriles is 1. The van der Waals surface area contributed by atoms with Crippen LogP contribution in [0.4, 0.5) is 5.69 Å². The van der Waals surface area contributed by atoms with E-state index in [2.05, 4.69) is 16.7 Å². The van der Waals surface area contributed by atoms with E-state index in [-0.39, 0.29) is 18.4 Å². The molecule has 4 nitrogen and oxygen atoms in total. The highest BCUT2D eigenvalue weighted by Gasteiger charge is 2.29. The van der Waals surface area contributed by atoms with Crippen LogP contribution in [0, 0.1) is 17.2 Å². The number of nitrogens with zero attached hydrogens (tertiary/aromatic N) is 1. The van der Waals surface area contributed by atoms with Gasteiger partial charge < -0.3 is 10.6 Å². The minimum Gasteiger partial charge on any atom is -0.376 e. The van der Waals surface area contributed by atoms with Crippen molar-refractivity contribution in [1.82, 2.24) is 5.32 Å². The van der Waals surface area contributed by atoms with Crippen LogP contribution in [-0.2, 0) is 4.79 Å². The zero-order valence-electron chi connectivity index (χ0n) is 11.3. The van der Waals surface area contributed by atoms with Crippen molar-refractivity contribution in [2.75, 3.05) is 11.9 Å². The van der Waals surface area contributed by atoms with Gasteiger partial charge in [-0.1, -0.05) is 25.4 Å². The minimum absolute atomic E-state index is 0.0389. The Bertz CT molecular complexity index is 478. The predicted molar refractivity (Wildman–Crippen MR) is 76.9 cm³/mol. The van der Waals surface area contributed by atoms with Gasteiger partial charge in [-0.3, -0.25) is 4.79 Å². The lowest BCUT2D eigenvalue weighted by Crippen LogP contribution is -2.50. The summed E-state index contributed by atoms with van der Waals surface area (Å²) in [7, 11) is 0. The molecule has 5 heteroatoms. The molecule has 0 aliphatic rings. The molecular weight excluding hydrogens is 262 g/mol. The van der Waals surface area contributed by atoms with Crippen molar-refractivity contribution in [2.24, 2.45) is 5.92 Å². The first-order chi connectivity index (χ1) is 8.87. The van der Waals surface area contributed by atoms with Gasteiger partial charge >= 0.3 is 0 Å².